The van der Waals surface area contributed by atoms with Crippen molar-refractivity contribution >= 4 is 11.8 Å². The molecule has 2 N–H and O–H groups in total. The highest BCUT2D eigenvalue weighted by atomic mass is 15.2. The molecule has 0 bridgehead atoms. The summed E-state index contributed by atoms with van der Waals surface area (Å²) in [4.78, 5) is 13.4. The van der Waals surface area contributed by atoms with Gasteiger partial charge in [-0.3, -0.25) is 4.99 Å². The second kappa shape index (κ2) is 10.2. The summed E-state index contributed by atoms with van der Waals surface area (Å²) in [6.07, 6.45) is 5.66. The second-order valence-electron chi connectivity index (χ2n) is 7.11. The molecule has 0 amide bonds. The van der Waals surface area contributed by atoms with Crippen LogP contribution in [0.3, 0.4) is 0 Å². The molecule has 0 saturated carbocycles. The minimum Gasteiger partial charge on any atom is -0.362 e. The van der Waals surface area contributed by atoms with E-state index in [-0.39, 0.29) is 0 Å². The van der Waals surface area contributed by atoms with E-state index < -0.39 is 0 Å². The Bertz CT molecular complexity index is 534. The van der Waals surface area contributed by atoms with Crippen molar-refractivity contribution in [2.24, 2.45) is 10.9 Å². The van der Waals surface area contributed by atoms with Gasteiger partial charge in [0.05, 0.1) is 0 Å². The topological polar surface area (TPSA) is 55.8 Å². The highest BCUT2D eigenvalue weighted by molar-refractivity contribution is 5.79. The van der Waals surface area contributed by atoms with Crippen molar-refractivity contribution in [2.75, 3.05) is 52.2 Å². The lowest BCUT2D eigenvalue weighted by atomic mass is 9.99. The highest BCUT2D eigenvalue weighted by Gasteiger charge is 2.14. The fraction of sp³-hybridized carbons (Fsp3) is 0.684. The number of hydrogen-bond donors (Lipinski definition) is 2. The Hall–Kier alpha value is -1.82. The monoisotopic (exact) mass is 346 g/mol. The molecule has 0 aliphatic carbocycles. The van der Waals surface area contributed by atoms with Crippen LogP contribution in [0.4, 0.5) is 5.82 Å². The van der Waals surface area contributed by atoms with Crippen molar-refractivity contribution in [3.8, 4) is 0 Å². The van der Waals surface area contributed by atoms with Crippen LogP contribution in [0.25, 0.3) is 0 Å². The number of likely N-dealkylation sites (tertiary alicyclic amines) is 1. The summed E-state index contributed by atoms with van der Waals surface area (Å²) in [5, 5.41) is 6.80. The van der Waals surface area contributed by atoms with Crippen molar-refractivity contribution in [2.45, 2.75) is 32.7 Å². The first-order valence-electron chi connectivity index (χ1n) is 9.38. The third kappa shape index (κ3) is 6.53. The minimum atomic E-state index is 0.713. The lowest BCUT2D eigenvalue weighted by molar-refractivity contribution is 0.191. The van der Waals surface area contributed by atoms with E-state index in [4.69, 9.17) is 0 Å². The van der Waals surface area contributed by atoms with Crippen molar-refractivity contribution in [3.05, 3.63) is 23.9 Å². The number of nitrogens with one attached hydrogen (secondary N) is 2. The van der Waals surface area contributed by atoms with Crippen molar-refractivity contribution < 1.29 is 0 Å². The molecule has 0 atom stereocenters. The van der Waals surface area contributed by atoms with Crippen LogP contribution in [-0.2, 0) is 6.54 Å². The van der Waals surface area contributed by atoms with E-state index >= 15 is 0 Å². The molecule has 2 rings (SSSR count). The van der Waals surface area contributed by atoms with E-state index in [0.29, 0.717) is 6.54 Å². The van der Waals surface area contributed by atoms with Crippen molar-refractivity contribution in [1.82, 2.24) is 20.5 Å². The van der Waals surface area contributed by atoms with Crippen LogP contribution < -0.4 is 15.5 Å². The second-order valence-corrected chi connectivity index (χ2v) is 7.11. The number of pyridine rings is 1. The maximum Gasteiger partial charge on any atom is 0.191 e. The molecule has 0 unspecified atom stereocenters. The summed E-state index contributed by atoms with van der Waals surface area (Å²) in [7, 11) is 5.85. The van der Waals surface area contributed by atoms with Crippen molar-refractivity contribution in [1.29, 1.82) is 0 Å². The number of guanidine groups is 1. The molecule has 1 fully saturated rings. The Kier molecular flexibility index (Phi) is 7.98. The lowest BCUT2D eigenvalue weighted by Crippen LogP contribution is -2.39. The third-order valence-electron chi connectivity index (χ3n) is 4.78. The van der Waals surface area contributed by atoms with Crippen LogP contribution in [0.1, 0.15) is 31.7 Å². The fourth-order valence-electron chi connectivity index (χ4n) is 3.17. The summed E-state index contributed by atoms with van der Waals surface area (Å²) in [6.45, 7) is 7.69. The molecule has 0 spiro atoms. The van der Waals surface area contributed by atoms with Gasteiger partial charge in [0.2, 0.25) is 0 Å². The van der Waals surface area contributed by atoms with Gasteiger partial charge in [0.25, 0.3) is 0 Å². The molecule has 1 aliphatic heterocycles. The molecule has 25 heavy (non-hydrogen) atoms. The van der Waals surface area contributed by atoms with Crippen LogP contribution in [0, 0.1) is 5.92 Å². The average molecular weight is 347 g/mol. The largest absolute Gasteiger partial charge is 0.362 e. The zero-order chi connectivity index (χ0) is 18.1. The smallest absolute Gasteiger partial charge is 0.191 e. The standard InChI is InChI=1S/C19H34N6/c1-16-8-13-25(14-9-16)12-6-11-22-19(20-2)23-15-17-7-5-10-21-18(17)24(3)4/h5,7,10,16H,6,8-9,11-15H2,1-4H3,(H2,20,22,23). The molecule has 1 aromatic rings. The predicted octanol–water partition coefficient (Wildman–Crippen LogP) is 1.93. The first-order chi connectivity index (χ1) is 12.1. The Morgan fingerprint density at radius 2 is 2.08 bits per heavy atom. The molecule has 140 valence electrons. The average Bonchev–Trinajstić information content (AvgIpc) is 2.62. The van der Waals surface area contributed by atoms with Gasteiger partial charge in [0.15, 0.2) is 5.96 Å². The van der Waals surface area contributed by atoms with Gasteiger partial charge >= 0.3 is 0 Å². The van der Waals surface area contributed by atoms with Crippen LogP contribution in [0.15, 0.2) is 23.3 Å². The quantitative estimate of drug-likeness (QED) is 0.449. The van der Waals surface area contributed by atoms with E-state index in [0.717, 1.165) is 36.2 Å². The number of aliphatic imine (C=N–C) groups is 1. The minimum absolute atomic E-state index is 0.713. The number of anilines is 1. The third-order valence-corrected chi connectivity index (χ3v) is 4.78. The first-order valence-corrected chi connectivity index (χ1v) is 9.38. The molecule has 1 saturated heterocycles. The SMILES string of the molecule is CN=C(NCCCN1CCC(C)CC1)NCc1cccnc1N(C)C. The maximum absolute atomic E-state index is 4.43. The summed E-state index contributed by atoms with van der Waals surface area (Å²) in [5.41, 5.74) is 1.16. The molecular weight excluding hydrogens is 312 g/mol. The lowest BCUT2D eigenvalue weighted by Gasteiger charge is -2.30. The Labute approximate surface area is 152 Å². The van der Waals surface area contributed by atoms with E-state index in [2.05, 4.69) is 38.5 Å². The van der Waals surface area contributed by atoms with Crippen molar-refractivity contribution in [3.63, 3.8) is 0 Å². The van der Waals surface area contributed by atoms with Gasteiger partial charge in [0.1, 0.15) is 5.82 Å². The Balaban J connectivity index is 1.69. The van der Waals surface area contributed by atoms with E-state index in [1.807, 2.05) is 38.3 Å². The summed E-state index contributed by atoms with van der Waals surface area (Å²) in [5.74, 6) is 2.74. The number of nitrogens with zero attached hydrogens (tertiary/aromatic N) is 4. The van der Waals surface area contributed by atoms with Crippen LogP contribution in [0.5, 0.6) is 0 Å². The van der Waals surface area contributed by atoms with Crippen LogP contribution in [-0.4, -0.2) is 63.2 Å². The van der Waals surface area contributed by atoms with E-state index in [9.17, 15) is 0 Å². The normalized spacial score (nSPS) is 16.7. The summed E-state index contributed by atoms with van der Waals surface area (Å²) >= 11 is 0. The van der Waals surface area contributed by atoms with Gasteiger partial charge in [-0.2, -0.15) is 0 Å². The Morgan fingerprint density at radius 1 is 1.32 bits per heavy atom. The number of piperidine rings is 1. The highest BCUT2D eigenvalue weighted by Crippen LogP contribution is 2.16. The zero-order valence-corrected chi connectivity index (χ0v) is 16.3. The summed E-state index contributed by atoms with van der Waals surface area (Å²) < 4.78 is 0. The first kappa shape index (κ1) is 19.5. The molecule has 0 aromatic carbocycles. The fourth-order valence-corrected chi connectivity index (χ4v) is 3.17. The van der Waals surface area contributed by atoms with Gasteiger partial charge in [-0.15, -0.1) is 0 Å². The van der Waals surface area contributed by atoms with E-state index in [1.165, 1.54) is 32.5 Å². The zero-order valence-electron chi connectivity index (χ0n) is 16.3. The molecule has 1 aromatic heterocycles. The van der Waals surface area contributed by atoms with Gasteiger partial charge in [0, 0.05) is 46.0 Å². The number of rotatable bonds is 7. The predicted molar refractivity (Wildman–Crippen MR) is 106 cm³/mol. The molecule has 1 aliphatic rings. The van der Waals surface area contributed by atoms with Crippen LogP contribution >= 0.6 is 0 Å². The van der Waals surface area contributed by atoms with Gasteiger partial charge < -0.3 is 20.4 Å². The van der Waals surface area contributed by atoms with E-state index in [1.54, 1.807) is 0 Å². The molecule has 6 heteroatoms. The van der Waals surface area contributed by atoms with Gasteiger partial charge in [-0.05, 0) is 50.9 Å². The molecule has 6 nitrogen and oxygen atoms in total. The molecule has 0 radical (unpaired) electrons. The maximum atomic E-state index is 4.43. The molecular formula is C19H34N6. The number of hydrogen-bond acceptors (Lipinski definition) is 4. The number of aromatic nitrogens is 1. The van der Waals surface area contributed by atoms with Gasteiger partial charge in [-0.1, -0.05) is 13.0 Å². The van der Waals surface area contributed by atoms with Crippen LogP contribution in [0.2, 0.25) is 0 Å². The van der Waals surface area contributed by atoms with Gasteiger partial charge in [-0.25, -0.2) is 4.98 Å². The Morgan fingerprint density at radius 3 is 2.76 bits per heavy atom. The molecule has 2 heterocycles. The summed E-state index contributed by atoms with van der Waals surface area (Å²) in [6, 6.07) is 4.07.